The van der Waals surface area contributed by atoms with E-state index in [-0.39, 0.29) is 10.6 Å². The highest BCUT2D eigenvalue weighted by molar-refractivity contribution is 7.92. The molecule has 0 aliphatic heterocycles. The summed E-state index contributed by atoms with van der Waals surface area (Å²) in [5, 5.41) is 0. The molecule has 126 valence electrons. The fourth-order valence-corrected chi connectivity index (χ4v) is 3.97. The first kappa shape index (κ1) is 16.3. The fourth-order valence-electron chi connectivity index (χ4n) is 2.69. The zero-order chi connectivity index (χ0) is 17.6. The molecule has 3 rings (SSSR count). The van der Waals surface area contributed by atoms with Gasteiger partial charge in [0.05, 0.1) is 21.6 Å². The summed E-state index contributed by atoms with van der Waals surface area (Å²) in [4.78, 5) is 11.9. The highest BCUT2D eigenvalue weighted by Crippen LogP contribution is 2.23. The van der Waals surface area contributed by atoms with Crippen molar-refractivity contribution < 1.29 is 12.8 Å². The Morgan fingerprint density at radius 1 is 1.00 bits per heavy atom. The Labute approximate surface area is 138 Å². The lowest BCUT2D eigenvalue weighted by Crippen LogP contribution is -2.19. The molecule has 1 aromatic heterocycles. The first-order valence-electron chi connectivity index (χ1n) is 7.15. The molecule has 0 aliphatic carbocycles. The Balaban J connectivity index is 2.05. The predicted octanol–water partition coefficient (Wildman–Crippen LogP) is 2.13. The Kier molecular flexibility index (Phi) is 3.71. The third-order valence-corrected chi connectivity index (χ3v) is 5.49. The molecule has 0 aliphatic rings. The summed E-state index contributed by atoms with van der Waals surface area (Å²) in [6.07, 6.45) is 0. The second-order valence-electron chi connectivity index (χ2n) is 5.62. The lowest BCUT2D eigenvalue weighted by atomic mass is 10.2. The number of aryl methyl sites for hydroxylation is 3. The van der Waals surface area contributed by atoms with Crippen molar-refractivity contribution in [1.82, 2.24) is 9.13 Å². The zero-order valence-electron chi connectivity index (χ0n) is 13.4. The Hall–Kier alpha value is -2.61. The lowest BCUT2D eigenvalue weighted by molar-refractivity contribution is 0.598. The number of rotatable bonds is 3. The molecule has 2 aromatic carbocycles. The summed E-state index contributed by atoms with van der Waals surface area (Å²) in [5.74, 6) is -0.493. The molecule has 0 amide bonds. The van der Waals surface area contributed by atoms with Gasteiger partial charge in [-0.2, -0.15) is 0 Å². The number of aromatic nitrogens is 2. The topological polar surface area (TPSA) is 73.1 Å². The van der Waals surface area contributed by atoms with Gasteiger partial charge in [-0.1, -0.05) is 0 Å². The number of fused-ring (bicyclic) bond motifs is 1. The van der Waals surface area contributed by atoms with Crippen molar-refractivity contribution in [2.45, 2.75) is 11.8 Å². The first-order chi connectivity index (χ1) is 11.2. The number of nitrogens with one attached hydrogen (secondary N) is 1. The van der Waals surface area contributed by atoms with Gasteiger partial charge in [-0.3, -0.25) is 13.9 Å². The Morgan fingerprint density at radius 3 is 2.33 bits per heavy atom. The van der Waals surface area contributed by atoms with Gasteiger partial charge in [-0.15, -0.1) is 0 Å². The van der Waals surface area contributed by atoms with Crippen LogP contribution in [0.3, 0.4) is 0 Å². The van der Waals surface area contributed by atoms with Gasteiger partial charge in [-0.05, 0) is 48.9 Å². The van der Waals surface area contributed by atoms with Crippen LogP contribution in [0.25, 0.3) is 11.0 Å². The molecule has 0 unspecified atom stereocenters. The van der Waals surface area contributed by atoms with Crippen LogP contribution < -0.4 is 10.4 Å². The molecule has 0 fully saturated rings. The molecule has 6 nitrogen and oxygen atoms in total. The predicted molar refractivity (Wildman–Crippen MR) is 90.1 cm³/mol. The van der Waals surface area contributed by atoms with Crippen molar-refractivity contribution >= 4 is 26.7 Å². The summed E-state index contributed by atoms with van der Waals surface area (Å²) in [7, 11) is -0.589. The number of halogens is 1. The number of benzene rings is 2. The summed E-state index contributed by atoms with van der Waals surface area (Å²) < 4.78 is 43.6. The zero-order valence-corrected chi connectivity index (χ0v) is 14.2. The van der Waals surface area contributed by atoms with Gasteiger partial charge < -0.3 is 0 Å². The van der Waals surface area contributed by atoms with Crippen molar-refractivity contribution in [3.8, 4) is 0 Å². The van der Waals surface area contributed by atoms with Crippen LogP contribution in [0.2, 0.25) is 0 Å². The first-order valence-corrected chi connectivity index (χ1v) is 8.63. The van der Waals surface area contributed by atoms with Gasteiger partial charge in [0.15, 0.2) is 0 Å². The highest BCUT2D eigenvalue weighted by atomic mass is 32.2. The Morgan fingerprint density at radius 2 is 1.67 bits per heavy atom. The fraction of sp³-hybridized carbons (Fsp3) is 0.188. The maximum atomic E-state index is 13.2. The number of anilines is 1. The maximum absolute atomic E-state index is 13.2. The summed E-state index contributed by atoms with van der Waals surface area (Å²) in [6.45, 7) is 1.53. The van der Waals surface area contributed by atoms with Crippen molar-refractivity contribution in [1.29, 1.82) is 0 Å². The van der Waals surface area contributed by atoms with E-state index in [2.05, 4.69) is 4.72 Å². The van der Waals surface area contributed by atoms with Gasteiger partial charge in [0.1, 0.15) is 5.82 Å². The summed E-state index contributed by atoms with van der Waals surface area (Å²) >= 11 is 0. The molecule has 1 N–H and O–H groups in total. The van der Waals surface area contributed by atoms with Gasteiger partial charge in [-0.25, -0.2) is 17.6 Å². The van der Waals surface area contributed by atoms with E-state index in [1.807, 2.05) is 0 Å². The smallest absolute Gasteiger partial charge is 0.295 e. The van der Waals surface area contributed by atoms with Crippen LogP contribution in [0.1, 0.15) is 5.56 Å². The van der Waals surface area contributed by atoms with E-state index in [4.69, 9.17) is 0 Å². The number of hydrogen-bond acceptors (Lipinski definition) is 3. The second-order valence-corrected chi connectivity index (χ2v) is 7.27. The SMILES string of the molecule is Cc1cc(F)ccc1S(=O)(=O)Nc1ccc2c(c1)n(C)c(=O)n2C. The number of sulfonamides is 1. The summed E-state index contributed by atoms with van der Waals surface area (Å²) in [5.41, 5.74) is 1.75. The molecular weight excluding hydrogens is 333 g/mol. The van der Waals surface area contributed by atoms with Crippen LogP contribution in [0.4, 0.5) is 10.1 Å². The number of nitrogens with zero attached hydrogens (tertiary/aromatic N) is 2. The third kappa shape index (κ3) is 2.58. The summed E-state index contributed by atoms with van der Waals surface area (Å²) in [6, 6.07) is 8.34. The molecule has 3 aromatic rings. The minimum atomic E-state index is -3.86. The van der Waals surface area contributed by atoms with Crippen molar-refractivity contribution in [2.24, 2.45) is 14.1 Å². The van der Waals surface area contributed by atoms with Gasteiger partial charge >= 0.3 is 5.69 Å². The van der Waals surface area contributed by atoms with E-state index < -0.39 is 15.8 Å². The molecule has 0 spiro atoms. The van der Waals surface area contributed by atoms with Crippen molar-refractivity contribution in [2.75, 3.05) is 4.72 Å². The number of imidazole rings is 1. The van der Waals surface area contributed by atoms with E-state index in [0.717, 1.165) is 6.07 Å². The minimum absolute atomic E-state index is 0.00551. The van der Waals surface area contributed by atoms with Crippen LogP contribution >= 0.6 is 0 Å². The average molecular weight is 349 g/mol. The van der Waals surface area contributed by atoms with Crippen LogP contribution in [0, 0.1) is 12.7 Å². The van der Waals surface area contributed by atoms with Gasteiger partial charge in [0.25, 0.3) is 10.0 Å². The van der Waals surface area contributed by atoms with Crippen molar-refractivity contribution in [3.63, 3.8) is 0 Å². The van der Waals surface area contributed by atoms with E-state index >= 15 is 0 Å². The molecule has 8 heteroatoms. The third-order valence-electron chi connectivity index (χ3n) is 3.95. The normalized spacial score (nSPS) is 11.8. The molecule has 0 atom stereocenters. The van der Waals surface area contributed by atoms with Crippen LogP contribution in [0.5, 0.6) is 0 Å². The lowest BCUT2D eigenvalue weighted by Gasteiger charge is -2.11. The molecule has 24 heavy (non-hydrogen) atoms. The molecule has 0 saturated heterocycles. The molecule has 0 saturated carbocycles. The molecule has 0 radical (unpaired) electrons. The Bertz CT molecular complexity index is 1110. The average Bonchev–Trinajstić information content (AvgIpc) is 2.71. The maximum Gasteiger partial charge on any atom is 0.328 e. The van der Waals surface area contributed by atoms with Crippen LogP contribution in [-0.2, 0) is 24.1 Å². The number of hydrogen-bond donors (Lipinski definition) is 1. The van der Waals surface area contributed by atoms with Gasteiger partial charge in [0.2, 0.25) is 0 Å². The van der Waals surface area contributed by atoms with E-state index in [0.29, 0.717) is 22.3 Å². The minimum Gasteiger partial charge on any atom is -0.295 e. The highest BCUT2D eigenvalue weighted by Gasteiger charge is 2.18. The quantitative estimate of drug-likeness (QED) is 0.787. The molecule has 1 heterocycles. The molecular formula is C16H16FN3O3S. The second kappa shape index (κ2) is 5.48. The monoisotopic (exact) mass is 349 g/mol. The van der Waals surface area contributed by atoms with Crippen molar-refractivity contribution in [3.05, 3.63) is 58.3 Å². The standard InChI is InChI=1S/C16H16FN3O3S/c1-10-8-11(17)4-7-15(10)24(22,23)18-12-5-6-13-14(9-12)20(3)16(21)19(13)2/h4-9,18H,1-3H3. The van der Waals surface area contributed by atoms with Gasteiger partial charge in [0, 0.05) is 14.1 Å². The van der Waals surface area contributed by atoms with E-state index in [9.17, 15) is 17.6 Å². The van der Waals surface area contributed by atoms with E-state index in [1.165, 1.54) is 28.2 Å². The largest absolute Gasteiger partial charge is 0.328 e. The van der Waals surface area contributed by atoms with E-state index in [1.54, 1.807) is 32.3 Å². The molecule has 0 bridgehead atoms. The van der Waals surface area contributed by atoms with Crippen LogP contribution in [-0.4, -0.2) is 17.6 Å². The van der Waals surface area contributed by atoms with Crippen LogP contribution in [0.15, 0.2) is 46.1 Å².